The minimum atomic E-state index is -1.34. The molecule has 1 radical (unpaired) electrons. The second kappa shape index (κ2) is 33.4. The van der Waals surface area contributed by atoms with Crippen molar-refractivity contribution >= 4 is 53.7 Å². The average molecular weight is 722 g/mol. The number of hydrogen-bond donors (Lipinski definition) is 6. The smallest absolute Gasteiger partial charge is 0.550 e. The van der Waals surface area contributed by atoms with Crippen LogP contribution in [0.15, 0.2) is 0 Å². The van der Waals surface area contributed by atoms with Gasteiger partial charge in [0, 0.05) is 37.5 Å². The van der Waals surface area contributed by atoms with E-state index in [1.807, 2.05) is 0 Å². The number of hydrogen-bond acceptors (Lipinski definition) is 15. The summed E-state index contributed by atoms with van der Waals surface area (Å²) in [4.78, 5) is 94.6. The van der Waals surface area contributed by atoms with Crippen molar-refractivity contribution in [3.8, 4) is 0 Å². The zero-order valence-electron chi connectivity index (χ0n) is 23.8. The third-order valence-corrected chi connectivity index (χ3v) is 4.05. The summed E-state index contributed by atoms with van der Waals surface area (Å²) in [6, 6.07) is 0. The molecule has 0 bridgehead atoms. The fourth-order valence-electron chi connectivity index (χ4n) is 2.54. The van der Waals surface area contributed by atoms with E-state index in [1.54, 1.807) is 0 Å². The fraction of sp³-hybridized carbons (Fsp3) is 0.571. The molecule has 0 aromatic carbocycles. The molecule has 0 atom stereocenters. The van der Waals surface area contributed by atoms with Crippen LogP contribution < -0.4 is 15.3 Å². The van der Waals surface area contributed by atoms with Crippen molar-refractivity contribution in [3.63, 3.8) is 0 Å². The van der Waals surface area contributed by atoms with Crippen LogP contribution in [0, 0.1) is 0 Å². The number of carboxylic acid groups (broad SMARTS) is 9. The number of rotatable bonds is 21. The SMILES string of the molecule is O.O.O.O=C([O-])CCN(CC(=O)O)CC(=O)O.O=C([O-])CCN(CC(=O)O)CC(=O)O.O=C([O-])CCN(CC(=O)O)CC(=O)O.[Fe+3]. The summed E-state index contributed by atoms with van der Waals surface area (Å²) >= 11 is 0. The van der Waals surface area contributed by atoms with Gasteiger partial charge in [-0.05, 0) is 19.3 Å². The maximum absolute atomic E-state index is 10.2. The van der Waals surface area contributed by atoms with Crippen LogP contribution in [0.4, 0.5) is 0 Å². The predicted octanol–water partition coefficient (Wildman–Crippen LogP) is -9.68. The Morgan fingerprint density at radius 3 is 0.587 bits per heavy atom. The topological polar surface area (TPSA) is 448 Å². The molecule has 269 valence electrons. The molecule has 0 aliphatic heterocycles. The Labute approximate surface area is 269 Å². The number of carbonyl (C=O) groups is 9. The van der Waals surface area contributed by atoms with Gasteiger partial charge in [-0.2, -0.15) is 0 Å². The van der Waals surface area contributed by atoms with E-state index < -0.39 is 93.0 Å². The van der Waals surface area contributed by atoms with E-state index in [4.69, 9.17) is 30.6 Å². The van der Waals surface area contributed by atoms with Gasteiger partial charge in [0.2, 0.25) is 0 Å². The van der Waals surface area contributed by atoms with Crippen LogP contribution in [0.3, 0.4) is 0 Å². The average Bonchev–Trinajstić information content (AvgIpc) is 2.78. The number of aliphatic carboxylic acids is 9. The van der Waals surface area contributed by atoms with Crippen molar-refractivity contribution in [1.82, 2.24) is 14.7 Å². The van der Waals surface area contributed by atoms with Crippen LogP contribution >= 0.6 is 0 Å². The second-order valence-electron chi connectivity index (χ2n) is 7.86. The van der Waals surface area contributed by atoms with Crippen LogP contribution in [0.2, 0.25) is 0 Å². The Morgan fingerprint density at radius 1 is 0.370 bits per heavy atom. The van der Waals surface area contributed by atoms with E-state index in [0.29, 0.717) is 0 Å². The van der Waals surface area contributed by atoms with Gasteiger partial charge in [0.1, 0.15) is 0 Å². The van der Waals surface area contributed by atoms with Gasteiger partial charge in [-0.1, -0.05) is 0 Å². The van der Waals surface area contributed by atoms with E-state index in [1.165, 1.54) is 0 Å². The fourth-order valence-corrected chi connectivity index (χ4v) is 2.54. The largest absolute Gasteiger partial charge is 3.00 e. The zero-order chi connectivity index (χ0) is 33.4. The molecule has 0 saturated heterocycles. The number of nitrogens with zero attached hydrogens (tertiary/aromatic N) is 3. The van der Waals surface area contributed by atoms with Crippen LogP contribution in [0.25, 0.3) is 0 Å². The van der Waals surface area contributed by atoms with Gasteiger partial charge in [-0.3, -0.25) is 43.5 Å². The summed E-state index contributed by atoms with van der Waals surface area (Å²) in [5.74, 6) is -11.3. The summed E-state index contributed by atoms with van der Waals surface area (Å²) in [5, 5.41) is 80.3. The third kappa shape index (κ3) is 49.2. The molecule has 0 unspecified atom stereocenters. The normalized spacial score (nSPS) is 9.20. The molecule has 0 spiro atoms. The van der Waals surface area contributed by atoms with Crippen LogP contribution in [0.5, 0.6) is 0 Å². The first-order valence-corrected chi connectivity index (χ1v) is 11.3. The van der Waals surface area contributed by atoms with Crippen LogP contribution in [0.1, 0.15) is 19.3 Å². The van der Waals surface area contributed by atoms with Gasteiger partial charge >= 0.3 is 52.9 Å². The zero-order valence-corrected chi connectivity index (χ0v) is 24.9. The minimum Gasteiger partial charge on any atom is -0.550 e. The van der Waals surface area contributed by atoms with Crippen molar-refractivity contribution < 1.29 is 123 Å². The van der Waals surface area contributed by atoms with E-state index in [2.05, 4.69) is 0 Å². The minimum absolute atomic E-state index is 0. The monoisotopic (exact) mass is 722 g/mol. The molecule has 0 fully saturated rings. The molecular formula is C21H36FeN3O21. The Morgan fingerprint density at radius 2 is 0.500 bits per heavy atom. The van der Waals surface area contributed by atoms with Gasteiger partial charge in [0.25, 0.3) is 0 Å². The third-order valence-electron chi connectivity index (χ3n) is 4.05. The Balaban J connectivity index is -0.0000000951. The van der Waals surface area contributed by atoms with Crippen molar-refractivity contribution in [3.05, 3.63) is 0 Å². The molecule has 25 heteroatoms. The molecule has 0 saturated carbocycles. The molecule has 0 aromatic heterocycles. The predicted molar refractivity (Wildman–Crippen MR) is 135 cm³/mol. The van der Waals surface area contributed by atoms with Gasteiger partial charge in [-0.15, -0.1) is 0 Å². The molecule has 0 amide bonds. The first-order chi connectivity index (χ1) is 19.2. The van der Waals surface area contributed by atoms with Gasteiger partial charge in [-0.25, -0.2) is 0 Å². The summed E-state index contributed by atoms with van der Waals surface area (Å²) in [6.07, 6.45) is -1.17. The first-order valence-electron chi connectivity index (χ1n) is 11.3. The van der Waals surface area contributed by atoms with Gasteiger partial charge < -0.3 is 76.8 Å². The molecule has 12 N–H and O–H groups in total. The molecular weight excluding hydrogens is 686 g/mol. The van der Waals surface area contributed by atoms with Crippen LogP contribution in [-0.4, -0.2) is 174 Å². The van der Waals surface area contributed by atoms with Gasteiger partial charge in [0.15, 0.2) is 0 Å². The molecule has 0 aliphatic rings. The molecule has 0 rings (SSSR count). The molecule has 0 aromatic rings. The van der Waals surface area contributed by atoms with Crippen LogP contribution in [-0.2, 0) is 60.2 Å². The molecule has 46 heavy (non-hydrogen) atoms. The molecule has 0 aliphatic carbocycles. The summed E-state index contributed by atoms with van der Waals surface area (Å²) < 4.78 is 0. The quantitative estimate of drug-likeness (QED) is 0.0599. The van der Waals surface area contributed by atoms with E-state index in [9.17, 15) is 58.5 Å². The van der Waals surface area contributed by atoms with Crippen molar-refractivity contribution in [2.45, 2.75) is 19.3 Å². The van der Waals surface area contributed by atoms with Crippen molar-refractivity contribution in [2.24, 2.45) is 0 Å². The molecule has 0 heterocycles. The van der Waals surface area contributed by atoms with E-state index in [-0.39, 0.29) is 72.4 Å². The Bertz CT molecular complexity index is 796. The van der Waals surface area contributed by atoms with Crippen molar-refractivity contribution in [1.29, 1.82) is 0 Å². The summed E-state index contributed by atoms with van der Waals surface area (Å²) in [6.45, 7) is -3.46. The second-order valence-corrected chi connectivity index (χ2v) is 7.86. The summed E-state index contributed by atoms with van der Waals surface area (Å²) in [5.41, 5.74) is 0. The van der Waals surface area contributed by atoms with Crippen molar-refractivity contribution in [2.75, 3.05) is 58.9 Å². The number of carboxylic acids is 9. The summed E-state index contributed by atoms with van der Waals surface area (Å²) in [7, 11) is 0. The Kier molecular flexibility index (Phi) is 41.5. The maximum atomic E-state index is 10.2. The Hall–Kier alpha value is -4.49. The standard InChI is InChI=1S/3C7H11NO6.Fe.3H2O/c3*9-5(10)1-2-8(3-6(11)12)4-7(13)14;;;;/h3*1-4H2,(H,9,10)(H,11,12)(H,13,14);;3*1H2/q;;;+3;;;/p-3. The van der Waals surface area contributed by atoms with E-state index >= 15 is 0 Å². The maximum Gasteiger partial charge on any atom is 3.00 e. The first kappa shape index (κ1) is 57.2. The number of carbonyl (C=O) groups excluding carboxylic acids is 3. The molecule has 24 nitrogen and oxygen atoms in total. The van der Waals surface area contributed by atoms with Gasteiger partial charge in [0.05, 0.1) is 39.3 Å². The van der Waals surface area contributed by atoms with E-state index in [0.717, 1.165) is 14.7 Å².